The molecule has 0 radical (unpaired) electrons. The van der Waals surface area contributed by atoms with E-state index in [2.05, 4.69) is 19.4 Å². The quantitative estimate of drug-likeness (QED) is 0.433. The van der Waals surface area contributed by atoms with E-state index < -0.39 is 35.3 Å². The number of rotatable bonds is 7. The topological polar surface area (TPSA) is 101 Å². The molecule has 7 nitrogen and oxygen atoms in total. The third-order valence-corrected chi connectivity index (χ3v) is 5.78. The number of H-pyrrole nitrogens is 1. The largest absolute Gasteiger partial charge is 0.490 e. The van der Waals surface area contributed by atoms with Crippen LogP contribution in [0.1, 0.15) is 12.6 Å². The molecule has 11 heteroatoms. The van der Waals surface area contributed by atoms with Crippen LogP contribution in [0, 0.1) is 0 Å². The Labute approximate surface area is 170 Å². The number of aromatic nitrogens is 2. The fourth-order valence-corrected chi connectivity index (χ4v) is 3.84. The van der Waals surface area contributed by atoms with Gasteiger partial charge in [-0.1, -0.05) is 19.1 Å². The lowest BCUT2D eigenvalue weighted by molar-refractivity contribution is -0.199. The average Bonchev–Trinajstić information content (AvgIpc) is 3.14. The summed E-state index contributed by atoms with van der Waals surface area (Å²) in [4.78, 5) is 18.1. The average molecular weight is 441 g/mol. The number of carbonyl (C=O) groups excluding carboxylic acids is 1. The summed E-state index contributed by atoms with van der Waals surface area (Å²) in [5.74, 6) is -2.37. The van der Waals surface area contributed by atoms with Gasteiger partial charge < -0.3 is 9.72 Å². The summed E-state index contributed by atoms with van der Waals surface area (Å²) < 4.78 is 66.8. The SMILES string of the molecule is CCc1cc2c(-c3ccc(S(=O)(=O)NCCOC(=O)C(F)(F)F)cc3)ccnc2[nH]1. The van der Waals surface area contributed by atoms with Crippen molar-refractivity contribution in [1.82, 2.24) is 14.7 Å². The van der Waals surface area contributed by atoms with Crippen LogP contribution in [0.3, 0.4) is 0 Å². The molecule has 1 aromatic carbocycles. The van der Waals surface area contributed by atoms with E-state index in [4.69, 9.17) is 0 Å². The van der Waals surface area contributed by atoms with Crippen molar-refractivity contribution in [3.05, 3.63) is 48.3 Å². The second kappa shape index (κ2) is 8.44. The number of sulfonamides is 1. The minimum Gasteiger partial charge on any atom is -0.458 e. The van der Waals surface area contributed by atoms with Gasteiger partial charge in [-0.2, -0.15) is 13.2 Å². The summed E-state index contributed by atoms with van der Waals surface area (Å²) in [7, 11) is -3.98. The molecule has 0 spiro atoms. The van der Waals surface area contributed by atoms with Crippen LogP contribution in [0.2, 0.25) is 0 Å². The van der Waals surface area contributed by atoms with Crippen LogP contribution in [-0.4, -0.2) is 43.7 Å². The fraction of sp³-hybridized carbons (Fsp3) is 0.263. The Morgan fingerprint density at radius 2 is 1.90 bits per heavy atom. The monoisotopic (exact) mass is 441 g/mol. The highest BCUT2D eigenvalue weighted by molar-refractivity contribution is 7.89. The Bertz CT molecular complexity index is 1160. The van der Waals surface area contributed by atoms with Crippen molar-refractivity contribution < 1.29 is 31.1 Å². The molecule has 3 rings (SSSR count). The van der Waals surface area contributed by atoms with E-state index >= 15 is 0 Å². The maximum absolute atomic E-state index is 12.3. The Balaban J connectivity index is 1.71. The zero-order chi connectivity index (χ0) is 21.9. The van der Waals surface area contributed by atoms with Crippen molar-refractivity contribution in [2.75, 3.05) is 13.2 Å². The molecular weight excluding hydrogens is 423 g/mol. The summed E-state index contributed by atoms with van der Waals surface area (Å²) >= 11 is 0. The molecule has 160 valence electrons. The Morgan fingerprint density at radius 3 is 2.53 bits per heavy atom. The fourth-order valence-electron chi connectivity index (χ4n) is 2.82. The summed E-state index contributed by atoms with van der Waals surface area (Å²) in [6.45, 7) is 0.791. The lowest BCUT2D eigenvalue weighted by Crippen LogP contribution is -2.31. The molecular formula is C19H18F3N3O4S. The smallest absolute Gasteiger partial charge is 0.458 e. The Morgan fingerprint density at radius 1 is 1.20 bits per heavy atom. The molecule has 0 amide bonds. The van der Waals surface area contributed by atoms with E-state index in [1.165, 1.54) is 12.1 Å². The van der Waals surface area contributed by atoms with Gasteiger partial charge in [-0.05, 0) is 41.8 Å². The maximum Gasteiger partial charge on any atom is 0.490 e. The van der Waals surface area contributed by atoms with Crippen LogP contribution in [0.4, 0.5) is 13.2 Å². The number of ether oxygens (including phenoxy) is 1. The Hall–Kier alpha value is -2.92. The molecule has 0 saturated heterocycles. The number of esters is 1. The molecule has 0 saturated carbocycles. The van der Waals surface area contributed by atoms with Crippen molar-refractivity contribution in [2.45, 2.75) is 24.4 Å². The number of halogens is 3. The highest BCUT2D eigenvalue weighted by atomic mass is 32.2. The molecule has 0 aliphatic carbocycles. The molecule has 0 aliphatic heterocycles. The molecule has 2 aromatic heterocycles. The van der Waals surface area contributed by atoms with Gasteiger partial charge in [0.05, 0.1) is 4.90 Å². The van der Waals surface area contributed by atoms with Crippen LogP contribution in [0.15, 0.2) is 47.5 Å². The molecule has 3 aromatic rings. The highest BCUT2D eigenvalue weighted by Gasteiger charge is 2.40. The second-order valence-electron chi connectivity index (χ2n) is 6.32. The van der Waals surface area contributed by atoms with E-state index in [0.29, 0.717) is 0 Å². The lowest BCUT2D eigenvalue weighted by atomic mass is 10.0. The molecule has 2 N–H and O–H groups in total. The summed E-state index contributed by atoms with van der Waals surface area (Å²) in [6.07, 6.45) is -2.65. The van der Waals surface area contributed by atoms with Crippen molar-refractivity contribution in [1.29, 1.82) is 0 Å². The van der Waals surface area contributed by atoms with Crippen LogP contribution < -0.4 is 4.72 Å². The zero-order valence-corrected chi connectivity index (χ0v) is 16.6. The van der Waals surface area contributed by atoms with Gasteiger partial charge in [0.1, 0.15) is 12.3 Å². The number of pyridine rings is 1. The number of nitrogens with zero attached hydrogens (tertiary/aromatic N) is 1. The van der Waals surface area contributed by atoms with Crippen LogP contribution >= 0.6 is 0 Å². The van der Waals surface area contributed by atoms with Crippen LogP contribution in [0.5, 0.6) is 0 Å². The predicted molar refractivity (Wildman–Crippen MR) is 103 cm³/mol. The van der Waals surface area contributed by atoms with E-state index in [1.807, 2.05) is 19.1 Å². The number of benzene rings is 1. The van der Waals surface area contributed by atoms with Gasteiger partial charge in [0, 0.05) is 23.8 Å². The molecule has 0 aliphatic rings. The van der Waals surface area contributed by atoms with Crippen LogP contribution in [-0.2, 0) is 26.0 Å². The summed E-state index contributed by atoms with van der Waals surface area (Å²) in [6, 6.07) is 9.85. The third kappa shape index (κ3) is 4.79. The normalized spacial score (nSPS) is 12.3. The molecule has 0 atom stereocenters. The maximum atomic E-state index is 12.3. The minimum atomic E-state index is -5.12. The van der Waals surface area contributed by atoms with Crippen molar-refractivity contribution in [3.8, 4) is 11.1 Å². The number of aromatic amines is 1. The number of hydrogen-bond donors (Lipinski definition) is 2. The molecule has 30 heavy (non-hydrogen) atoms. The van der Waals surface area contributed by atoms with Gasteiger partial charge in [-0.15, -0.1) is 0 Å². The van der Waals surface area contributed by atoms with Crippen molar-refractivity contribution >= 4 is 27.0 Å². The first-order valence-corrected chi connectivity index (χ1v) is 10.4. The van der Waals surface area contributed by atoms with E-state index in [-0.39, 0.29) is 4.90 Å². The summed E-state index contributed by atoms with van der Waals surface area (Å²) in [5, 5.41) is 0.912. The standard InChI is InChI=1S/C19H18F3N3O4S/c1-2-13-11-16-15(7-8-23-17(16)25-13)12-3-5-14(6-4-12)30(27,28)24-9-10-29-18(26)19(20,21)22/h3-8,11,24H,2,9-10H2,1H3,(H,23,25). The number of alkyl halides is 3. The number of fused-ring (bicyclic) bond motifs is 1. The van der Waals surface area contributed by atoms with E-state index in [1.54, 1.807) is 18.3 Å². The van der Waals surface area contributed by atoms with Gasteiger partial charge >= 0.3 is 12.1 Å². The second-order valence-corrected chi connectivity index (χ2v) is 8.09. The van der Waals surface area contributed by atoms with E-state index in [0.717, 1.165) is 34.3 Å². The lowest BCUT2D eigenvalue weighted by Gasteiger charge is -2.10. The first-order chi connectivity index (χ1) is 14.1. The zero-order valence-electron chi connectivity index (χ0n) is 15.8. The molecule has 0 bridgehead atoms. The first-order valence-electron chi connectivity index (χ1n) is 8.92. The van der Waals surface area contributed by atoms with Crippen LogP contribution in [0.25, 0.3) is 22.2 Å². The number of aryl methyl sites for hydroxylation is 1. The summed E-state index contributed by atoms with van der Waals surface area (Å²) in [5.41, 5.74) is 3.42. The van der Waals surface area contributed by atoms with Gasteiger partial charge in [0.15, 0.2) is 0 Å². The van der Waals surface area contributed by atoms with Crippen molar-refractivity contribution in [2.24, 2.45) is 0 Å². The number of nitrogens with one attached hydrogen (secondary N) is 2. The molecule has 0 unspecified atom stereocenters. The van der Waals surface area contributed by atoms with Gasteiger partial charge in [-0.3, -0.25) is 0 Å². The molecule has 0 fully saturated rings. The van der Waals surface area contributed by atoms with Gasteiger partial charge in [0.25, 0.3) is 0 Å². The highest BCUT2D eigenvalue weighted by Crippen LogP contribution is 2.29. The van der Waals surface area contributed by atoms with Gasteiger partial charge in [-0.25, -0.2) is 22.9 Å². The number of carbonyl (C=O) groups is 1. The predicted octanol–water partition coefficient (Wildman–Crippen LogP) is 3.18. The van der Waals surface area contributed by atoms with Gasteiger partial charge in [0.2, 0.25) is 10.0 Å². The minimum absolute atomic E-state index is 0.0676. The van der Waals surface area contributed by atoms with Crippen molar-refractivity contribution in [3.63, 3.8) is 0 Å². The molecule has 2 heterocycles. The van der Waals surface area contributed by atoms with E-state index in [9.17, 15) is 26.4 Å². The first kappa shape index (κ1) is 21.8. The Kier molecular flexibility index (Phi) is 6.13. The number of hydrogen-bond acceptors (Lipinski definition) is 5. The third-order valence-electron chi connectivity index (χ3n) is 4.30.